The van der Waals surface area contributed by atoms with Gasteiger partial charge in [0.15, 0.2) is 0 Å². The lowest BCUT2D eigenvalue weighted by Crippen LogP contribution is -2.43. The van der Waals surface area contributed by atoms with Gasteiger partial charge in [0, 0.05) is 118 Å². The molecule has 688 valence electrons. The first kappa shape index (κ1) is 95.6. The number of fused-ring (bicyclic) bond motifs is 6. The van der Waals surface area contributed by atoms with Gasteiger partial charge in [-0.15, -0.1) is 0 Å². The van der Waals surface area contributed by atoms with Crippen LogP contribution in [0.4, 0.5) is 54.3 Å². The molecule has 14 rings (SSSR count). The van der Waals surface area contributed by atoms with Crippen molar-refractivity contribution < 1.29 is 28.5 Å². The van der Waals surface area contributed by atoms with Crippen LogP contribution in [0.3, 0.4) is 0 Å². The largest absolute Gasteiger partial charge is 0.505 e. The molecule has 0 saturated heterocycles. The Hall–Kier alpha value is -11.5. The molecular weight excluding hydrogens is 1620 g/mol. The minimum Gasteiger partial charge on any atom is -0.505 e. The maximum atomic E-state index is 16.7. The van der Waals surface area contributed by atoms with E-state index >= 15 is 8.78 Å². The summed E-state index contributed by atoms with van der Waals surface area (Å²) in [6, 6.07) is 68.3. The van der Waals surface area contributed by atoms with Gasteiger partial charge in [-0.25, -0.2) is 8.78 Å². The lowest BCUT2D eigenvalue weighted by molar-refractivity contribution is 0.246. The molecule has 0 unspecified atom stereocenters. The first-order valence-electron chi connectivity index (χ1n) is 47.2. The van der Waals surface area contributed by atoms with Gasteiger partial charge in [-0.1, -0.05) is 132 Å². The van der Waals surface area contributed by atoms with Crippen molar-refractivity contribution in [3.8, 4) is 56.6 Å². The summed E-state index contributed by atoms with van der Waals surface area (Å²) in [5.41, 5.74) is 25.2. The lowest BCUT2D eigenvalue weighted by Gasteiger charge is -2.44. The van der Waals surface area contributed by atoms with E-state index in [-0.39, 0.29) is 68.5 Å². The van der Waals surface area contributed by atoms with E-state index in [1.165, 1.54) is 68.8 Å². The number of rotatable bonds is 26. The summed E-state index contributed by atoms with van der Waals surface area (Å²) in [6.07, 6.45) is 3.87. The van der Waals surface area contributed by atoms with E-state index in [4.69, 9.17) is 9.47 Å². The van der Waals surface area contributed by atoms with Crippen LogP contribution in [-0.4, -0.2) is 54.7 Å². The van der Waals surface area contributed by atoms with Crippen LogP contribution in [0.2, 0.25) is 0 Å². The molecule has 2 N–H and O–H groups in total. The summed E-state index contributed by atoms with van der Waals surface area (Å²) in [4.78, 5) is 10.0. The molecule has 10 nitrogen and oxygen atoms in total. The SMILES string of the molecule is Cc1cc(C)cc(N(c2ccc3c4ccc(N(c5cc(C)cc(C)c5)C(C)(C)CC(C)(C)C)cc4n(-c4cc(C)cc(-c5cc(F)cc(C)c5OCCCOc5c(C)cc(F)cc5-c5cc(C)cc(-n6c7cc(N(c8cc(C)cc(C)c8)C(C)(C)CC(C)(C)C)ccc7c7ccc(N(c8cc(C)cc(C)c8)C(C)(C)CC(C)(C)C)cc76)c5O)c4O)c3c2)C(C)(C)CC(C)(C)C)c1. The topological polar surface area (TPSA) is 81.7 Å². The third-order valence-electron chi connectivity index (χ3n) is 25.4. The number of benzene rings is 12. The number of ether oxygens (including phenoxy) is 2. The summed E-state index contributed by atoms with van der Waals surface area (Å²) >= 11 is 0. The normalized spacial score (nSPS) is 12.8. The highest BCUT2D eigenvalue weighted by Gasteiger charge is 2.40. The van der Waals surface area contributed by atoms with Gasteiger partial charge in [0.05, 0.1) is 46.7 Å². The smallest absolute Gasteiger partial charge is 0.147 e. The second-order valence-corrected chi connectivity index (χ2v) is 46.0. The Morgan fingerprint density at radius 3 is 0.702 bits per heavy atom. The van der Waals surface area contributed by atoms with Crippen LogP contribution < -0.4 is 29.1 Å². The minimum absolute atomic E-state index is 0.0227. The molecule has 0 aliphatic rings. The quantitative estimate of drug-likeness (QED) is 0.0519. The fourth-order valence-electron chi connectivity index (χ4n) is 23.2. The number of hydrogen-bond donors (Lipinski definition) is 2. The van der Waals surface area contributed by atoms with Gasteiger partial charge in [0.25, 0.3) is 0 Å². The number of anilines is 8. The van der Waals surface area contributed by atoms with Gasteiger partial charge < -0.3 is 48.4 Å². The molecule has 14 aromatic rings. The number of phenols is 2. The molecule has 131 heavy (non-hydrogen) atoms. The number of aromatic nitrogens is 2. The highest BCUT2D eigenvalue weighted by atomic mass is 19.1. The number of aryl methyl sites for hydroxylation is 12. The van der Waals surface area contributed by atoms with Crippen molar-refractivity contribution in [1.82, 2.24) is 9.13 Å². The summed E-state index contributed by atoms with van der Waals surface area (Å²) < 4.78 is 51.8. The number of nitrogens with zero attached hydrogens (tertiary/aromatic N) is 6. The molecule has 0 amide bonds. The van der Waals surface area contributed by atoms with Crippen molar-refractivity contribution in [3.63, 3.8) is 0 Å². The van der Waals surface area contributed by atoms with E-state index in [9.17, 15) is 10.2 Å². The minimum atomic E-state index is -0.476. The van der Waals surface area contributed by atoms with Crippen molar-refractivity contribution >= 4 is 89.1 Å². The predicted octanol–water partition coefficient (Wildman–Crippen LogP) is 33.9. The van der Waals surface area contributed by atoms with Gasteiger partial charge in [-0.3, -0.25) is 0 Å². The van der Waals surface area contributed by atoms with Crippen molar-refractivity contribution in [2.45, 2.75) is 276 Å². The van der Waals surface area contributed by atoms with Crippen LogP contribution in [0.5, 0.6) is 23.0 Å². The number of halogens is 2. The van der Waals surface area contributed by atoms with Crippen molar-refractivity contribution in [2.24, 2.45) is 21.7 Å². The molecule has 0 saturated carbocycles. The van der Waals surface area contributed by atoms with Crippen LogP contribution in [0, 0.1) is 116 Å². The zero-order valence-electron chi connectivity index (χ0n) is 84.6. The van der Waals surface area contributed by atoms with Crippen LogP contribution in [-0.2, 0) is 0 Å². The lowest BCUT2D eigenvalue weighted by atomic mass is 9.80. The Balaban J connectivity index is 0.873. The zero-order chi connectivity index (χ0) is 95.5. The first-order valence-corrected chi connectivity index (χ1v) is 47.2. The molecule has 0 bridgehead atoms. The molecule has 2 aromatic heterocycles. The number of hydrogen-bond acceptors (Lipinski definition) is 8. The van der Waals surface area contributed by atoms with Crippen molar-refractivity contribution in [1.29, 1.82) is 0 Å². The highest BCUT2D eigenvalue weighted by Crippen LogP contribution is 2.54. The maximum Gasteiger partial charge on any atom is 0.147 e. The number of aromatic hydroxyl groups is 2. The monoisotopic (exact) mass is 1760 g/mol. The second-order valence-electron chi connectivity index (χ2n) is 46.0. The van der Waals surface area contributed by atoms with Crippen molar-refractivity contribution in [3.05, 3.63) is 273 Å². The molecular formula is C119H144F2N6O4. The summed E-state index contributed by atoms with van der Waals surface area (Å²) in [6.45, 7) is 71.7. The molecule has 0 atom stereocenters. The second kappa shape index (κ2) is 35.2. The summed E-state index contributed by atoms with van der Waals surface area (Å²) in [5.74, 6) is -0.200. The highest BCUT2D eigenvalue weighted by molar-refractivity contribution is 6.13. The predicted molar refractivity (Wildman–Crippen MR) is 555 cm³/mol. The van der Waals surface area contributed by atoms with Gasteiger partial charge in [0.1, 0.15) is 34.6 Å². The zero-order valence-corrected chi connectivity index (χ0v) is 84.6. The van der Waals surface area contributed by atoms with Gasteiger partial charge >= 0.3 is 0 Å². The Morgan fingerprint density at radius 2 is 0.481 bits per heavy atom. The average molecular weight is 1760 g/mol. The van der Waals surface area contributed by atoms with Crippen LogP contribution >= 0.6 is 0 Å². The molecule has 12 aromatic carbocycles. The van der Waals surface area contributed by atoms with Crippen molar-refractivity contribution in [2.75, 3.05) is 32.8 Å². The molecule has 0 aliphatic heterocycles. The van der Waals surface area contributed by atoms with Gasteiger partial charge in [0.2, 0.25) is 0 Å². The molecule has 0 aliphatic carbocycles. The Bertz CT molecular complexity index is 5970. The molecule has 12 heteroatoms. The fourth-order valence-corrected chi connectivity index (χ4v) is 23.2. The van der Waals surface area contributed by atoms with E-state index in [1.807, 2.05) is 52.0 Å². The summed E-state index contributed by atoms with van der Waals surface area (Å²) in [5, 5.41) is 31.5. The van der Waals surface area contributed by atoms with E-state index < -0.39 is 11.6 Å². The van der Waals surface area contributed by atoms with E-state index in [2.05, 4.69) is 368 Å². The van der Waals surface area contributed by atoms with E-state index in [0.717, 1.165) is 126 Å². The Labute approximate surface area is 781 Å². The summed E-state index contributed by atoms with van der Waals surface area (Å²) in [7, 11) is 0. The number of phenolic OH excluding ortho intramolecular Hbond substituents is 2. The standard InChI is InChI=1S/C119H144F2N6O4/c1-72-44-73(2)49-90(48-72)124(116(25,26)68-112(13,14)15)86-34-38-94-95-39-35-87(125(117(27,28)69-113(16,17)18)91-50-74(3)45-75(4)51-91)65-103(95)122(102(94)64-86)106-58-80(9)56-98(108(106)128)100-62-84(120)60-82(11)110(100)130-42-33-43-131-111-83(12)61-85(121)63-101(111)99-57-81(10)59-107(109(99)129)123-104-66-88(126(118(29,30)70-114(19,20)21)92-52-76(5)46-77(6)53-92)36-40-96(104)97-41-37-89(67-105(97)123)127(119(31,32)71-115(22,23)24)93-54-78(7)47-79(8)55-93/h34-41,44-67,128-129H,33,42-43,68-71H2,1-32H3. The van der Waals surface area contributed by atoms with E-state index in [1.54, 1.807) is 0 Å². The average Bonchev–Trinajstić information content (AvgIpc) is 1.58. The Kier molecular flexibility index (Phi) is 25.7. The van der Waals surface area contributed by atoms with E-state index in [0.29, 0.717) is 62.7 Å². The van der Waals surface area contributed by atoms with Crippen LogP contribution in [0.25, 0.3) is 77.2 Å². The van der Waals surface area contributed by atoms with Gasteiger partial charge in [-0.05, 0) is 398 Å². The Morgan fingerprint density at radius 1 is 0.260 bits per heavy atom. The van der Waals surface area contributed by atoms with Crippen LogP contribution in [0.15, 0.2) is 194 Å². The fraction of sp³-hybridized carbons (Fsp3) is 0.395. The van der Waals surface area contributed by atoms with Crippen LogP contribution in [0.1, 0.15) is 237 Å². The molecule has 0 spiro atoms. The molecule has 0 fully saturated rings. The maximum absolute atomic E-state index is 16.7. The third-order valence-corrected chi connectivity index (χ3v) is 25.4. The van der Waals surface area contributed by atoms with Gasteiger partial charge in [-0.2, -0.15) is 0 Å². The molecule has 0 radical (unpaired) electrons. The molecule has 2 heterocycles. The third kappa shape index (κ3) is 20.4. The first-order chi connectivity index (χ1) is 60.9.